The molecule has 0 saturated heterocycles. The first-order valence-corrected chi connectivity index (χ1v) is 10.4. The van der Waals surface area contributed by atoms with Crippen molar-refractivity contribution in [2.24, 2.45) is 5.10 Å². The Bertz CT molecular complexity index is 1340. The quantitative estimate of drug-likeness (QED) is 0.180. The van der Waals surface area contributed by atoms with Crippen molar-refractivity contribution in [1.29, 1.82) is 0 Å². The molecule has 0 fully saturated rings. The minimum Gasteiger partial charge on any atom is -0.502 e. The summed E-state index contributed by atoms with van der Waals surface area (Å²) in [6.07, 6.45) is 2.59. The fourth-order valence-corrected chi connectivity index (χ4v) is 3.04. The van der Waals surface area contributed by atoms with E-state index in [2.05, 4.69) is 15.8 Å². The Morgan fingerprint density at radius 3 is 2.33 bits per heavy atom. The molecule has 0 unspecified atom stereocenters. The van der Waals surface area contributed by atoms with E-state index in [0.29, 0.717) is 22.6 Å². The topological polar surface area (TPSA) is 152 Å². The van der Waals surface area contributed by atoms with Gasteiger partial charge in [0.25, 0.3) is 11.8 Å². The second-order valence-electron chi connectivity index (χ2n) is 7.20. The maximum absolute atomic E-state index is 12.9. The number of phenols is 1. The maximum Gasteiger partial charge on any atom is 0.311 e. The highest BCUT2D eigenvalue weighted by Crippen LogP contribution is 2.28. The van der Waals surface area contributed by atoms with E-state index in [1.54, 1.807) is 48.5 Å². The Hall–Kier alpha value is -5.19. The van der Waals surface area contributed by atoms with Crippen LogP contribution in [-0.2, 0) is 4.79 Å². The van der Waals surface area contributed by atoms with E-state index in [1.165, 1.54) is 26.4 Å². The van der Waals surface area contributed by atoms with Gasteiger partial charge in [0.15, 0.2) is 17.2 Å². The zero-order valence-electron chi connectivity index (χ0n) is 19.3. The molecule has 0 aliphatic carbocycles. The van der Waals surface area contributed by atoms with Gasteiger partial charge >= 0.3 is 5.69 Å². The van der Waals surface area contributed by atoms with Gasteiger partial charge in [-0.15, -0.1) is 0 Å². The molecule has 0 bridgehead atoms. The van der Waals surface area contributed by atoms with Crippen molar-refractivity contribution in [3.8, 4) is 17.2 Å². The van der Waals surface area contributed by atoms with E-state index in [0.717, 1.165) is 18.3 Å². The molecule has 0 atom stereocenters. The maximum atomic E-state index is 12.9. The number of nitro groups is 1. The molecule has 184 valence electrons. The van der Waals surface area contributed by atoms with Crippen LogP contribution in [0.4, 0.5) is 5.69 Å². The highest BCUT2D eigenvalue weighted by molar-refractivity contribution is 6.05. The van der Waals surface area contributed by atoms with Gasteiger partial charge in [-0.1, -0.05) is 24.3 Å². The van der Waals surface area contributed by atoms with E-state index in [4.69, 9.17) is 9.47 Å². The Morgan fingerprint density at radius 1 is 0.972 bits per heavy atom. The average molecular weight is 490 g/mol. The second-order valence-corrected chi connectivity index (χ2v) is 7.20. The fourth-order valence-electron chi connectivity index (χ4n) is 3.04. The van der Waals surface area contributed by atoms with Crippen LogP contribution in [0.15, 0.2) is 77.5 Å². The molecule has 0 aliphatic heterocycles. The number of ether oxygens (including phenoxy) is 2. The summed E-state index contributed by atoms with van der Waals surface area (Å²) in [4.78, 5) is 35.8. The first-order valence-electron chi connectivity index (χ1n) is 10.4. The highest BCUT2D eigenvalue weighted by atomic mass is 16.6. The van der Waals surface area contributed by atoms with Crippen LogP contribution in [0.1, 0.15) is 21.5 Å². The highest BCUT2D eigenvalue weighted by Gasteiger charge is 2.16. The summed E-state index contributed by atoms with van der Waals surface area (Å²) in [5.74, 6) is -0.854. The van der Waals surface area contributed by atoms with Crippen molar-refractivity contribution in [3.63, 3.8) is 0 Å². The lowest BCUT2D eigenvalue weighted by molar-refractivity contribution is -0.385. The third-order valence-electron chi connectivity index (χ3n) is 4.82. The molecule has 0 spiro atoms. The van der Waals surface area contributed by atoms with Crippen LogP contribution in [0, 0.1) is 10.1 Å². The summed E-state index contributed by atoms with van der Waals surface area (Å²) in [6.45, 7) is 0. The predicted molar refractivity (Wildman–Crippen MR) is 132 cm³/mol. The number of aromatic hydroxyl groups is 1. The van der Waals surface area contributed by atoms with Gasteiger partial charge in [-0.25, -0.2) is 5.43 Å². The SMILES string of the molecule is COc1ccc(C=C(NC(=O)c2ccccc2)C(=O)N/N=C/c2ccc(O)c([N+](=O)[O-])c2)cc1OC. The summed E-state index contributed by atoms with van der Waals surface area (Å²) in [7, 11) is 2.96. The van der Waals surface area contributed by atoms with Crippen molar-refractivity contribution >= 4 is 29.8 Å². The monoisotopic (exact) mass is 490 g/mol. The zero-order chi connectivity index (χ0) is 26.1. The zero-order valence-corrected chi connectivity index (χ0v) is 19.3. The molecule has 3 aromatic carbocycles. The molecule has 3 aromatic rings. The number of rotatable bonds is 9. The Kier molecular flexibility index (Phi) is 8.33. The third kappa shape index (κ3) is 6.44. The van der Waals surface area contributed by atoms with Crippen LogP contribution >= 0.6 is 0 Å². The molecule has 0 saturated carbocycles. The molecule has 11 nitrogen and oxygen atoms in total. The largest absolute Gasteiger partial charge is 0.502 e. The van der Waals surface area contributed by atoms with E-state index in [9.17, 15) is 24.8 Å². The average Bonchev–Trinajstić information content (AvgIpc) is 2.89. The molecular weight excluding hydrogens is 468 g/mol. The third-order valence-corrected chi connectivity index (χ3v) is 4.82. The van der Waals surface area contributed by atoms with E-state index in [1.807, 2.05) is 0 Å². The molecule has 3 rings (SSSR count). The summed E-state index contributed by atoms with van der Waals surface area (Å²) < 4.78 is 10.5. The molecule has 0 aliphatic rings. The van der Waals surface area contributed by atoms with Gasteiger partial charge in [0.1, 0.15) is 5.70 Å². The normalized spacial score (nSPS) is 11.1. The molecule has 0 heterocycles. The van der Waals surface area contributed by atoms with Crippen LogP contribution in [-0.4, -0.2) is 42.3 Å². The van der Waals surface area contributed by atoms with Crippen molar-refractivity contribution in [2.45, 2.75) is 0 Å². The van der Waals surface area contributed by atoms with Crippen molar-refractivity contribution in [1.82, 2.24) is 10.7 Å². The minimum absolute atomic E-state index is 0.120. The number of phenolic OH excluding ortho intramolecular Hbond substituents is 1. The number of benzene rings is 3. The van der Waals surface area contributed by atoms with Gasteiger partial charge in [-0.05, 0) is 48.0 Å². The van der Waals surface area contributed by atoms with E-state index in [-0.39, 0.29) is 11.3 Å². The summed E-state index contributed by atoms with van der Waals surface area (Å²) in [5.41, 5.74) is 2.79. The molecular formula is C25H22N4O7. The van der Waals surface area contributed by atoms with Crippen LogP contribution in [0.5, 0.6) is 17.2 Å². The Labute approximate surface area is 205 Å². The number of nitrogens with zero attached hydrogens (tertiary/aromatic N) is 2. The molecule has 3 N–H and O–H groups in total. The molecule has 0 aromatic heterocycles. The predicted octanol–water partition coefficient (Wildman–Crippen LogP) is 3.24. The lowest BCUT2D eigenvalue weighted by atomic mass is 10.1. The van der Waals surface area contributed by atoms with Gasteiger partial charge in [0.05, 0.1) is 25.4 Å². The number of hydrogen-bond donors (Lipinski definition) is 3. The van der Waals surface area contributed by atoms with Crippen molar-refractivity contribution < 1.29 is 29.1 Å². The van der Waals surface area contributed by atoms with Crippen LogP contribution in [0.25, 0.3) is 6.08 Å². The number of methoxy groups -OCH3 is 2. The summed E-state index contributed by atoms with van der Waals surface area (Å²) in [5, 5.41) is 26.9. The first kappa shape index (κ1) is 25.4. The Balaban J connectivity index is 1.87. The van der Waals surface area contributed by atoms with Crippen LogP contribution < -0.4 is 20.2 Å². The van der Waals surface area contributed by atoms with E-state index >= 15 is 0 Å². The fraction of sp³-hybridized carbons (Fsp3) is 0.0800. The smallest absolute Gasteiger partial charge is 0.311 e. The number of hydrazone groups is 1. The number of nitrogens with one attached hydrogen (secondary N) is 2. The summed E-state index contributed by atoms with van der Waals surface area (Å²) in [6, 6.07) is 16.9. The Morgan fingerprint density at radius 2 is 1.67 bits per heavy atom. The van der Waals surface area contributed by atoms with Crippen LogP contribution in [0.3, 0.4) is 0 Å². The van der Waals surface area contributed by atoms with Gasteiger partial charge in [0.2, 0.25) is 0 Å². The van der Waals surface area contributed by atoms with Gasteiger partial charge in [-0.2, -0.15) is 5.10 Å². The number of amides is 2. The molecule has 0 radical (unpaired) electrons. The van der Waals surface area contributed by atoms with Gasteiger partial charge < -0.3 is 19.9 Å². The van der Waals surface area contributed by atoms with Crippen molar-refractivity contribution in [2.75, 3.05) is 14.2 Å². The second kappa shape index (κ2) is 11.8. The van der Waals surface area contributed by atoms with Gasteiger partial charge in [0, 0.05) is 17.2 Å². The number of nitro benzene ring substituents is 1. The lowest BCUT2D eigenvalue weighted by Gasteiger charge is -2.11. The number of carbonyl (C=O) groups excluding carboxylic acids is 2. The molecule has 2 amide bonds. The number of carbonyl (C=O) groups is 2. The minimum atomic E-state index is -0.751. The molecule has 11 heteroatoms. The van der Waals surface area contributed by atoms with Crippen molar-refractivity contribution in [3.05, 3.63) is 99.2 Å². The first-order chi connectivity index (χ1) is 17.3. The summed E-state index contributed by atoms with van der Waals surface area (Å²) >= 11 is 0. The standard InChI is InChI=1S/C25H22N4O7/c1-35-22-11-9-16(14-23(22)36-2)12-19(27-24(31)18-6-4-3-5-7-18)25(32)28-26-15-17-8-10-21(30)20(13-17)29(33)34/h3-15,30H,1-2H3,(H,27,31)(H,28,32)/b19-12?,26-15+. The lowest BCUT2D eigenvalue weighted by Crippen LogP contribution is -2.32. The van der Waals surface area contributed by atoms with Crippen LogP contribution in [0.2, 0.25) is 0 Å². The van der Waals surface area contributed by atoms with Gasteiger partial charge in [-0.3, -0.25) is 19.7 Å². The van der Waals surface area contributed by atoms with E-state index < -0.39 is 28.2 Å². The molecule has 36 heavy (non-hydrogen) atoms. The number of hydrogen-bond acceptors (Lipinski definition) is 8.